The van der Waals surface area contributed by atoms with Crippen molar-refractivity contribution in [1.29, 1.82) is 0 Å². The molecule has 2 aromatic rings. The van der Waals surface area contributed by atoms with E-state index in [9.17, 15) is 4.79 Å². The third-order valence-electron chi connectivity index (χ3n) is 3.52. The second-order valence-corrected chi connectivity index (χ2v) is 4.97. The highest BCUT2D eigenvalue weighted by Gasteiger charge is 2.12. The summed E-state index contributed by atoms with van der Waals surface area (Å²) in [7, 11) is 4.67. The lowest BCUT2D eigenvalue weighted by atomic mass is 10.0. The minimum Gasteiger partial charge on any atom is -0.493 e. The maximum absolute atomic E-state index is 12.3. The van der Waals surface area contributed by atoms with Crippen LogP contribution in [0.3, 0.4) is 0 Å². The monoisotopic (exact) mass is 312 g/mol. The number of allylic oxidation sites excluding steroid dienone is 1. The lowest BCUT2D eigenvalue weighted by molar-refractivity contribution is 0.104. The van der Waals surface area contributed by atoms with Gasteiger partial charge in [-0.3, -0.25) is 4.79 Å². The molecule has 0 amide bonds. The first kappa shape index (κ1) is 16.6. The standard InChI is InChI=1S/C19H20O4/c1-13-7-5-6-8-15(13)16(20)10-9-14-11-17(21-2)19(23-4)18(12-14)22-3/h5-12H,1-4H3/b10-9+. The van der Waals surface area contributed by atoms with Crippen LogP contribution in [-0.2, 0) is 0 Å². The van der Waals surface area contributed by atoms with Gasteiger partial charge >= 0.3 is 0 Å². The van der Waals surface area contributed by atoms with Gasteiger partial charge in [-0.1, -0.05) is 30.3 Å². The van der Waals surface area contributed by atoms with Gasteiger partial charge in [-0.25, -0.2) is 0 Å². The Labute approximate surface area is 136 Å². The Hall–Kier alpha value is -2.75. The van der Waals surface area contributed by atoms with Gasteiger partial charge in [0.2, 0.25) is 5.75 Å². The van der Waals surface area contributed by atoms with Crippen molar-refractivity contribution in [3.63, 3.8) is 0 Å². The van der Waals surface area contributed by atoms with Gasteiger partial charge < -0.3 is 14.2 Å². The third-order valence-corrected chi connectivity index (χ3v) is 3.52. The third kappa shape index (κ3) is 3.72. The van der Waals surface area contributed by atoms with Crippen LogP contribution < -0.4 is 14.2 Å². The Bertz CT molecular complexity index is 707. The molecule has 0 saturated carbocycles. The van der Waals surface area contributed by atoms with E-state index in [2.05, 4.69) is 0 Å². The molecule has 2 aromatic carbocycles. The summed E-state index contributed by atoms with van der Waals surface area (Å²) in [5.74, 6) is 1.58. The highest BCUT2D eigenvalue weighted by Crippen LogP contribution is 2.38. The molecule has 0 aliphatic carbocycles. The smallest absolute Gasteiger partial charge is 0.203 e. The zero-order valence-corrected chi connectivity index (χ0v) is 13.8. The van der Waals surface area contributed by atoms with Crippen LogP contribution in [0, 0.1) is 6.92 Å². The van der Waals surface area contributed by atoms with Crippen molar-refractivity contribution in [3.8, 4) is 17.2 Å². The zero-order chi connectivity index (χ0) is 16.8. The number of hydrogen-bond donors (Lipinski definition) is 0. The Morgan fingerprint density at radius 2 is 1.57 bits per heavy atom. The molecule has 0 bridgehead atoms. The summed E-state index contributed by atoms with van der Waals surface area (Å²) in [5, 5.41) is 0. The first-order chi connectivity index (χ1) is 11.1. The van der Waals surface area contributed by atoms with Crippen LogP contribution in [0.2, 0.25) is 0 Å². The fourth-order valence-corrected chi connectivity index (χ4v) is 2.31. The fourth-order valence-electron chi connectivity index (χ4n) is 2.31. The number of benzene rings is 2. The van der Waals surface area contributed by atoms with E-state index in [-0.39, 0.29) is 5.78 Å². The quantitative estimate of drug-likeness (QED) is 0.599. The van der Waals surface area contributed by atoms with E-state index in [0.717, 1.165) is 11.1 Å². The molecule has 0 aromatic heterocycles. The molecule has 0 N–H and O–H groups in total. The van der Waals surface area contributed by atoms with Crippen molar-refractivity contribution in [2.24, 2.45) is 0 Å². The minimum atomic E-state index is -0.0446. The number of hydrogen-bond acceptors (Lipinski definition) is 4. The van der Waals surface area contributed by atoms with Crippen LogP contribution in [-0.4, -0.2) is 27.1 Å². The van der Waals surface area contributed by atoms with Crippen molar-refractivity contribution in [2.45, 2.75) is 6.92 Å². The zero-order valence-electron chi connectivity index (χ0n) is 13.8. The summed E-state index contributed by atoms with van der Waals surface area (Å²) in [4.78, 5) is 12.3. The van der Waals surface area contributed by atoms with Gasteiger partial charge in [0, 0.05) is 5.56 Å². The Kier molecular flexibility index (Phi) is 5.41. The summed E-state index contributed by atoms with van der Waals surface area (Å²) in [6, 6.07) is 11.1. The number of methoxy groups -OCH3 is 3. The normalized spacial score (nSPS) is 10.6. The summed E-state index contributed by atoms with van der Waals surface area (Å²) in [6.45, 7) is 1.92. The Morgan fingerprint density at radius 1 is 0.957 bits per heavy atom. The molecular formula is C19H20O4. The summed E-state index contributed by atoms with van der Waals surface area (Å²) in [5.41, 5.74) is 2.43. The molecule has 0 saturated heterocycles. The molecule has 4 nitrogen and oxygen atoms in total. The lowest BCUT2D eigenvalue weighted by Crippen LogP contribution is -1.98. The molecule has 0 unspecified atom stereocenters. The predicted molar refractivity (Wildman–Crippen MR) is 90.6 cm³/mol. The number of ether oxygens (including phenoxy) is 3. The van der Waals surface area contributed by atoms with E-state index >= 15 is 0 Å². The van der Waals surface area contributed by atoms with Crippen LogP contribution in [0.4, 0.5) is 0 Å². The SMILES string of the molecule is COc1cc(/C=C/C(=O)c2ccccc2C)cc(OC)c1OC. The highest BCUT2D eigenvalue weighted by molar-refractivity contribution is 6.07. The number of rotatable bonds is 6. The van der Waals surface area contributed by atoms with Gasteiger partial charge in [0.1, 0.15) is 0 Å². The van der Waals surface area contributed by atoms with Crippen molar-refractivity contribution in [1.82, 2.24) is 0 Å². The average Bonchev–Trinajstić information content (AvgIpc) is 2.58. The lowest BCUT2D eigenvalue weighted by Gasteiger charge is -2.12. The van der Waals surface area contributed by atoms with Gasteiger partial charge in [0.25, 0.3) is 0 Å². The maximum atomic E-state index is 12.3. The first-order valence-corrected chi connectivity index (χ1v) is 7.18. The van der Waals surface area contributed by atoms with Crippen LogP contribution in [0.25, 0.3) is 6.08 Å². The van der Waals surface area contributed by atoms with E-state index in [1.54, 1.807) is 45.6 Å². The molecule has 4 heteroatoms. The molecule has 120 valence electrons. The van der Waals surface area contributed by atoms with Gasteiger partial charge in [-0.05, 0) is 36.3 Å². The second-order valence-electron chi connectivity index (χ2n) is 4.97. The molecule has 0 radical (unpaired) electrons. The van der Waals surface area contributed by atoms with Crippen LogP contribution in [0.5, 0.6) is 17.2 Å². The molecule has 23 heavy (non-hydrogen) atoms. The van der Waals surface area contributed by atoms with Crippen LogP contribution >= 0.6 is 0 Å². The van der Waals surface area contributed by atoms with Crippen molar-refractivity contribution < 1.29 is 19.0 Å². The van der Waals surface area contributed by atoms with Gasteiger partial charge in [-0.2, -0.15) is 0 Å². The van der Waals surface area contributed by atoms with E-state index < -0.39 is 0 Å². The number of carbonyl (C=O) groups is 1. The molecule has 0 aliphatic heterocycles. The Balaban J connectivity index is 2.32. The second kappa shape index (κ2) is 7.49. The first-order valence-electron chi connectivity index (χ1n) is 7.18. The van der Waals surface area contributed by atoms with Crippen molar-refractivity contribution in [3.05, 3.63) is 59.2 Å². The van der Waals surface area contributed by atoms with E-state index in [1.165, 1.54) is 0 Å². The van der Waals surface area contributed by atoms with Crippen molar-refractivity contribution >= 4 is 11.9 Å². The topological polar surface area (TPSA) is 44.8 Å². The Morgan fingerprint density at radius 3 is 2.09 bits per heavy atom. The molecule has 0 fully saturated rings. The molecule has 0 heterocycles. The minimum absolute atomic E-state index is 0.0446. The summed E-state index contributed by atoms with van der Waals surface area (Å²) in [6.07, 6.45) is 3.28. The van der Waals surface area contributed by atoms with E-state index in [1.807, 2.05) is 31.2 Å². The van der Waals surface area contributed by atoms with Crippen LogP contribution in [0.1, 0.15) is 21.5 Å². The summed E-state index contributed by atoms with van der Waals surface area (Å²) < 4.78 is 15.9. The molecule has 0 spiro atoms. The van der Waals surface area contributed by atoms with Gasteiger partial charge in [0.05, 0.1) is 21.3 Å². The fraction of sp³-hybridized carbons (Fsp3) is 0.211. The van der Waals surface area contributed by atoms with Crippen molar-refractivity contribution in [2.75, 3.05) is 21.3 Å². The van der Waals surface area contributed by atoms with Crippen LogP contribution in [0.15, 0.2) is 42.5 Å². The van der Waals surface area contributed by atoms with E-state index in [0.29, 0.717) is 22.8 Å². The molecule has 2 rings (SSSR count). The number of ketones is 1. The van der Waals surface area contributed by atoms with E-state index in [4.69, 9.17) is 14.2 Å². The number of aryl methyl sites for hydroxylation is 1. The predicted octanol–water partition coefficient (Wildman–Crippen LogP) is 3.92. The summed E-state index contributed by atoms with van der Waals surface area (Å²) >= 11 is 0. The highest BCUT2D eigenvalue weighted by atomic mass is 16.5. The van der Waals surface area contributed by atoms with Gasteiger partial charge in [-0.15, -0.1) is 0 Å². The molecule has 0 atom stereocenters. The largest absolute Gasteiger partial charge is 0.493 e. The average molecular weight is 312 g/mol. The van der Waals surface area contributed by atoms with Gasteiger partial charge in [0.15, 0.2) is 17.3 Å². The number of carbonyl (C=O) groups excluding carboxylic acids is 1. The molecule has 0 aliphatic rings. The maximum Gasteiger partial charge on any atom is 0.203 e. The molecular weight excluding hydrogens is 292 g/mol.